The van der Waals surface area contributed by atoms with Gasteiger partial charge in [-0.2, -0.15) is 5.26 Å². The first-order valence-electron chi connectivity index (χ1n) is 7.82. The van der Waals surface area contributed by atoms with Crippen LogP contribution < -0.4 is 0 Å². The second-order valence-electron chi connectivity index (χ2n) is 5.75. The maximum Gasteiger partial charge on any atom is 0.191 e. The van der Waals surface area contributed by atoms with Crippen LogP contribution in [-0.4, -0.2) is 14.8 Å². The van der Waals surface area contributed by atoms with Crippen LogP contribution in [0.5, 0.6) is 0 Å². The van der Waals surface area contributed by atoms with Crippen LogP contribution in [0.2, 0.25) is 0 Å². The number of aromatic nitrogens is 3. The Morgan fingerprint density at radius 2 is 2.00 bits per heavy atom. The molecule has 0 saturated heterocycles. The van der Waals surface area contributed by atoms with E-state index in [9.17, 15) is 5.26 Å². The highest BCUT2D eigenvalue weighted by Crippen LogP contribution is 2.33. The van der Waals surface area contributed by atoms with Crippen LogP contribution in [0.25, 0.3) is 0 Å². The van der Waals surface area contributed by atoms with Crippen LogP contribution in [0, 0.1) is 18.3 Å². The molecule has 0 spiro atoms. The van der Waals surface area contributed by atoms with Crippen LogP contribution in [-0.2, 0) is 5.75 Å². The van der Waals surface area contributed by atoms with Crippen LogP contribution in [0.4, 0.5) is 0 Å². The smallest absolute Gasteiger partial charge is 0.191 e. The molecule has 1 heterocycles. The van der Waals surface area contributed by atoms with Crippen molar-refractivity contribution in [1.82, 2.24) is 14.8 Å². The Kier molecular flexibility index (Phi) is 4.79. The first kappa shape index (κ1) is 15.1. The minimum absolute atomic E-state index is 0.539. The fraction of sp³-hybridized carbons (Fsp3) is 0.471. The molecule has 5 heteroatoms. The minimum Gasteiger partial charge on any atom is -0.303 e. The Hall–Kier alpha value is -1.80. The van der Waals surface area contributed by atoms with E-state index in [-0.39, 0.29) is 0 Å². The lowest BCUT2D eigenvalue weighted by atomic mass is 9.95. The Bertz CT molecular complexity index is 680. The Balaban J connectivity index is 1.77. The van der Waals surface area contributed by atoms with E-state index in [1.165, 1.54) is 32.1 Å². The molecule has 22 heavy (non-hydrogen) atoms. The maximum atomic E-state index is 9.19. The fourth-order valence-corrected chi connectivity index (χ4v) is 4.16. The van der Waals surface area contributed by atoms with E-state index in [0.717, 1.165) is 27.9 Å². The maximum absolute atomic E-state index is 9.19. The zero-order chi connectivity index (χ0) is 15.4. The molecule has 1 aromatic carbocycles. The summed E-state index contributed by atoms with van der Waals surface area (Å²) >= 11 is 1.68. The standard InChI is InChI=1S/C17H20N4S/c1-13-19-20-17(21(13)16-9-3-2-4-10-16)22-12-15-8-6-5-7-14(15)11-18/h5-8,16H,2-4,9-10,12H2,1H3. The van der Waals surface area contributed by atoms with Gasteiger partial charge in [0.15, 0.2) is 5.16 Å². The summed E-state index contributed by atoms with van der Waals surface area (Å²) in [7, 11) is 0. The van der Waals surface area contributed by atoms with Crippen molar-refractivity contribution >= 4 is 11.8 Å². The number of hydrogen-bond acceptors (Lipinski definition) is 4. The van der Waals surface area contributed by atoms with Gasteiger partial charge >= 0.3 is 0 Å². The van der Waals surface area contributed by atoms with Crippen LogP contribution in [0.3, 0.4) is 0 Å². The predicted octanol–water partition coefficient (Wildman–Crippen LogP) is 4.26. The molecule has 0 atom stereocenters. The van der Waals surface area contributed by atoms with Gasteiger partial charge in [-0.3, -0.25) is 0 Å². The van der Waals surface area contributed by atoms with E-state index < -0.39 is 0 Å². The van der Waals surface area contributed by atoms with Crippen molar-refractivity contribution in [3.63, 3.8) is 0 Å². The minimum atomic E-state index is 0.539. The fourth-order valence-electron chi connectivity index (χ4n) is 3.11. The Morgan fingerprint density at radius 1 is 1.23 bits per heavy atom. The van der Waals surface area contributed by atoms with Gasteiger partial charge in [-0.15, -0.1) is 10.2 Å². The van der Waals surface area contributed by atoms with Gasteiger partial charge in [0.2, 0.25) is 0 Å². The summed E-state index contributed by atoms with van der Waals surface area (Å²) in [5.41, 5.74) is 1.81. The van der Waals surface area contributed by atoms with Gasteiger partial charge in [-0.05, 0) is 31.4 Å². The average molecular weight is 312 g/mol. The summed E-state index contributed by atoms with van der Waals surface area (Å²) in [5.74, 6) is 1.76. The molecule has 2 aromatic rings. The van der Waals surface area contributed by atoms with Gasteiger partial charge in [0.1, 0.15) is 5.82 Å². The molecule has 0 amide bonds. The first-order valence-corrected chi connectivity index (χ1v) is 8.80. The van der Waals surface area contributed by atoms with Crippen molar-refractivity contribution in [3.8, 4) is 6.07 Å². The van der Waals surface area contributed by atoms with Gasteiger partial charge in [-0.25, -0.2) is 0 Å². The predicted molar refractivity (Wildman–Crippen MR) is 87.6 cm³/mol. The van der Waals surface area contributed by atoms with Crippen molar-refractivity contribution in [2.24, 2.45) is 0 Å². The number of nitriles is 1. The normalized spacial score (nSPS) is 15.6. The van der Waals surface area contributed by atoms with Gasteiger partial charge in [0.25, 0.3) is 0 Å². The molecule has 0 unspecified atom stereocenters. The highest BCUT2D eigenvalue weighted by molar-refractivity contribution is 7.98. The third kappa shape index (κ3) is 3.17. The number of benzene rings is 1. The molecule has 0 aliphatic heterocycles. The lowest BCUT2D eigenvalue weighted by Crippen LogP contribution is -2.15. The largest absolute Gasteiger partial charge is 0.303 e. The highest BCUT2D eigenvalue weighted by atomic mass is 32.2. The lowest BCUT2D eigenvalue weighted by molar-refractivity contribution is 0.332. The van der Waals surface area contributed by atoms with E-state index in [1.54, 1.807) is 11.8 Å². The molecule has 1 aliphatic carbocycles. The Morgan fingerprint density at radius 3 is 2.77 bits per heavy atom. The summed E-state index contributed by atoms with van der Waals surface area (Å²) in [5, 5.41) is 18.8. The molecule has 4 nitrogen and oxygen atoms in total. The summed E-state index contributed by atoms with van der Waals surface area (Å²) in [4.78, 5) is 0. The zero-order valence-electron chi connectivity index (χ0n) is 12.8. The monoisotopic (exact) mass is 312 g/mol. The molecule has 3 rings (SSSR count). The summed E-state index contributed by atoms with van der Waals surface area (Å²) < 4.78 is 2.30. The van der Waals surface area contributed by atoms with E-state index in [4.69, 9.17) is 0 Å². The van der Waals surface area contributed by atoms with E-state index in [0.29, 0.717) is 6.04 Å². The number of thioether (sulfide) groups is 1. The molecule has 0 bridgehead atoms. The van der Waals surface area contributed by atoms with E-state index in [1.807, 2.05) is 31.2 Å². The summed E-state index contributed by atoms with van der Waals surface area (Å²) in [6, 6.07) is 10.6. The molecule has 0 radical (unpaired) electrons. The molecular formula is C17H20N4S. The average Bonchev–Trinajstić information content (AvgIpc) is 2.94. The van der Waals surface area contributed by atoms with E-state index >= 15 is 0 Å². The number of hydrogen-bond donors (Lipinski definition) is 0. The third-order valence-corrected chi connectivity index (χ3v) is 5.26. The van der Waals surface area contributed by atoms with Gasteiger partial charge in [0, 0.05) is 11.8 Å². The van der Waals surface area contributed by atoms with Crippen molar-refractivity contribution in [2.45, 2.75) is 56.0 Å². The molecule has 1 aromatic heterocycles. The summed E-state index contributed by atoms with van der Waals surface area (Å²) in [6.45, 7) is 2.04. The van der Waals surface area contributed by atoms with Crippen molar-refractivity contribution in [1.29, 1.82) is 5.26 Å². The first-order chi connectivity index (χ1) is 10.8. The van der Waals surface area contributed by atoms with Gasteiger partial charge < -0.3 is 4.57 Å². The molecule has 114 valence electrons. The van der Waals surface area contributed by atoms with Crippen molar-refractivity contribution < 1.29 is 0 Å². The highest BCUT2D eigenvalue weighted by Gasteiger charge is 2.21. The molecule has 1 fully saturated rings. The van der Waals surface area contributed by atoms with Gasteiger partial charge in [-0.1, -0.05) is 49.2 Å². The van der Waals surface area contributed by atoms with E-state index in [2.05, 4.69) is 20.8 Å². The zero-order valence-corrected chi connectivity index (χ0v) is 13.6. The Labute approximate surface area is 135 Å². The number of rotatable bonds is 4. The van der Waals surface area contributed by atoms with Crippen molar-refractivity contribution in [2.75, 3.05) is 0 Å². The quantitative estimate of drug-likeness (QED) is 0.792. The molecule has 1 saturated carbocycles. The lowest BCUT2D eigenvalue weighted by Gasteiger charge is -2.25. The topological polar surface area (TPSA) is 54.5 Å². The second-order valence-corrected chi connectivity index (χ2v) is 6.69. The second kappa shape index (κ2) is 6.97. The number of nitrogens with zero attached hydrogens (tertiary/aromatic N) is 4. The molecular weight excluding hydrogens is 292 g/mol. The van der Waals surface area contributed by atoms with Crippen LogP contribution >= 0.6 is 11.8 Å². The molecule has 0 N–H and O–H groups in total. The van der Waals surface area contributed by atoms with Crippen LogP contribution in [0.15, 0.2) is 29.4 Å². The summed E-state index contributed by atoms with van der Waals surface area (Å²) in [6.07, 6.45) is 6.38. The number of aryl methyl sites for hydroxylation is 1. The van der Waals surface area contributed by atoms with Gasteiger partial charge in [0.05, 0.1) is 11.6 Å². The van der Waals surface area contributed by atoms with Crippen molar-refractivity contribution in [3.05, 3.63) is 41.2 Å². The third-order valence-electron chi connectivity index (χ3n) is 4.27. The van der Waals surface area contributed by atoms with Crippen LogP contribution in [0.1, 0.15) is 55.1 Å². The SMILES string of the molecule is Cc1nnc(SCc2ccccc2C#N)n1C1CCCCC1. The molecule has 1 aliphatic rings.